The lowest BCUT2D eigenvalue weighted by Crippen LogP contribution is -2.32. The van der Waals surface area contributed by atoms with Gasteiger partial charge in [-0.1, -0.05) is 19.9 Å². The fraction of sp³-hybridized carbons (Fsp3) is 0.476. The summed E-state index contributed by atoms with van der Waals surface area (Å²) in [5, 5.41) is 7.20. The van der Waals surface area contributed by atoms with Crippen LogP contribution in [0.2, 0.25) is 0 Å². The standard InChI is InChI=1S/C21H27N7O3/c1-21(2)7-8-27(20(21)31)18-15(12-26(3)25-18)24-19(30)14-5-4-6-16(23-14)28-11-13(10-22)9-17(28)29/h4-6,12-13H,7-11,22H2,1-3H3,(H,24,30). The fourth-order valence-electron chi connectivity index (χ4n) is 3.98. The zero-order valence-electron chi connectivity index (χ0n) is 18.0. The van der Waals surface area contributed by atoms with E-state index in [2.05, 4.69) is 15.4 Å². The minimum atomic E-state index is -0.460. The molecule has 2 aromatic heterocycles. The minimum Gasteiger partial charge on any atom is -0.330 e. The number of pyridine rings is 1. The highest BCUT2D eigenvalue weighted by Gasteiger charge is 2.41. The number of aromatic nitrogens is 3. The molecule has 2 aromatic rings. The van der Waals surface area contributed by atoms with Crippen LogP contribution in [0, 0.1) is 11.3 Å². The Morgan fingerprint density at radius 2 is 2.06 bits per heavy atom. The number of aryl methyl sites for hydroxylation is 1. The number of carbonyl (C=O) groups excluding carboxylic acids is 3. The summed E-state index contributed by atoms with van der Waals surface area (Å²) < 4.78 is 1.56. The van der Waals surface area contributed by atoms with Crippen molar-refractivity contribution in [2.75, 3.05) is 34.8 Å². The molecule has 3 amide bonds. The predicted molar refractivity (Wildman–Crippen MR) is 116 cm³/mol. The molecule has 0 aliphatic carbocycles. The second-order valence-corrected chi connectivity index (χ2v) is 8.78. The number of nitrogens with two attached hydrogens (primary N) is 1. The molecular formula is C21H27N7O3. The Balaban J connectivity index is 1.55. The van der Waals surface area contributed by atoms with E-state index in [0.29, 0.717) is 49.8 Å². The molecule has 2 aliphatic heterocycles. The van der Waals surface area contributed by atoms with Crippen LogP contribution in [0.4, 0.5) is 17.3 Å². The lowest BCUT2D eigenvalue weighted by molar-refractivity contribution is -0.124. The molecule has 1 unspecified atom stereocenters. The fourth-order valence-corrected chi connectivity index (χ4v) is 3.98. The molecule has 2 saturated heterocycles. The molecule has 1 atom stereocenters. The third-order valence-electron chi connectivity index (χ3n) is 5.88. The largest absolute Gasteiger partial charge is 0.330 e. The Labute approximate surface area is 180 Å². The molecule has 0 spiro atoms. The summed E-state index contributed by atoms with van der Waals surface area (Å²) in [7, 11) is 1.73. The van der Waals surface area contributed by atoms with E-state index in [1.54, 1.807) is 45.9 Å². The summed E-state index contributed by atoms with van der Waals surface area (Å²) in [5.74, 6) is 0.421. The average Bonchev–Trinajstić information content (AvgIpc) is 3.37. The van der Waals surface area contributed by atoms with Crippen molar-refractivity contribution >= 4 is 35.0 Å². The van der Waals surface area contributed by atoms with Gasteiger partial charge in [0.25, 0.3) is 5.91 Å². The van der Waals surface area contributed by atoms with Crippen LogP contribution in [-0.4, -0.2) is 52.1 Å². The monoisotopic (exact) mass is 425 g/mol. The van der Waals surface area contributed by atoms with Gasteiger partial charge in [-0.3, -0.25) is 28.9 Å². The van der Waals surface area contributed by atoms with Gasteiger partial charge in [-0.15, -0.1) is 0 Å². The first-order valence-electron chi connectivity index (χ1n) is 10.3. The smallest absolute Gasteiger partial charge is 0.274 e. The summed E-state index contributed by atoms with van der Waals surface area (Å²) in [6, 6.07) is 4.98. The van der Waals surface area contributed by atoms with Crippen LogP contribution in [0.3, 0.4) is 0 Å². The van der Waals surface area contributed by atoms with Gasteiger partial charge in [0.15, 0.2) is 5.82 Å². The molecule has 31 heavy (non-hydrogen) atoms. The summed E-state index contributed by atoms with van der Waals surface area (Å²) in [6.45, 7) is 5.27. The van der Waals surface area contributed by atoms with Crippen molar-refractivity contribution in [3.8, 4) is 0 Å². The first-order chi connectivity index (χ1) is 14.7. The molecule has 3 N–H and O–H groups in total. The van der Waals surface area contributed by atoms with E-state index in [9.17, 15) is 14.4 Å². The van der Waals surface area contributed by atoms with E-state index >= 15 is 0 Å². The van der Waals surface area contributed by atoms with E-state index in [4.69, 9.17) is 5.73 Å². The number of nitrogens with zero attached hydrogens (tertiary/aromatic N) is 5. The van der Waals surface area contributed by atoms with Crippen molar-refractivity contribution in [1.29, 1.82) is 0 Å². The topological polar surface area (TPSA) is 126 Å². The van der Waals surface area contributed by atoms with Crippen LogP contribution < -0.4 is 20.9 Å². The molecule has 0 bridgehead atoms. The second kappa shape index (κ2) is 7.77. The highest BCUT2D eigenvalue weighted by molar-refractivity contribution is 6.07. The van der Waals surface area contributed by atoms with Crippen LogP contribution in [-0.2, 0) is 16.6 Å². The van der Waals surface area contributed by atoms with Crippen LogP contribution in [0.5, 0.6) is 0 Å². The molecule has 2 aliphatic rings. The zero-order chi connectivity index (χ0) is 22.3. The van der Waals surface area contributed by atoms with Crippen LogP contribution in [0.25, 0.3) is 0 Å². The van der Waals surface area contributed by atoms with Crippen molar-refractivity contribution in [3.63, 3.8) is 0 Å². The van der Waals surface area contributed by atoms with Gasteiger partial charge in [-0.25, -0.2) is 4.98 Å². The highest BCUT2D eigenvalue weighted by Crippen LogP contribution is 2.36. The number of anilines is 3. The maximum atomic E-state index is 12.9. The summed E-state index contributed by atoms with van der Waals surface area (Å²) in [6.07, 6.45) is 2.76. The molecule has 0 radical (unpaired) electrons. The third kappa shape index (κ3) is 3.90. The lowest BCUT2D eigenvalue weighted by Gasteiger charge is -2.19. The third-order valence-corrected chi connectivity index (χ3v) is 5.88. The molecule has 0 aromatic carbocycles. The Morgan fingerprint density at radius 3 is 2.71 bits per heavy atom. The maximum absolute atomic E-state index is 12.9. The van der Waals surface area contributed by atoms with E-state index in [1.807, 2.05) is 13.8 Å². The molecule has 10 nitrogen and oxygen atoms in total. The highest BCUT2D eigenvalue weighted by atomic mass is 16.2. The Kier molecular flexibility index (Phi) is 5.26. The van der Waals surface area contributed by atoms with Crippen LogP contribution in [0.15, 0.2) is 24.4 Å². The molecule has 2 fully saturated rings. The molecule has 4 heterocycles. The summed E-state index contributed by atoms with van der Waals surface area (Å²) in [5.41, 5.74) is 5.84. The molecule has 164 valence electrons. The van der Waals surface area contributed by atoms with E-state index in [-0.39, 0.29) is 23.4 Å². The Hall–Kier alpha value is -3.27. The van der Waals surface area contributed by atoms with Crippen molar-refractivity contribution in [2.45, 2.75) is 26.7 Å². The van der Waals surface area contributed by atoms with Crippen LogP contribution in [0.1, 0.15) is 37.2 Å². The van der Waals surface area contributed by atoms with Crippen molar-refractivity contribution in [3.05, 3.63) is 30.1 Å². The molecule has 4 rings (SSSR count). The van der Waals surface area contributed by atoms with Gasteiger partial charge in [0, 0.05) is 32.0 Å². The number of hydrogen-bond donors (Lipinski definition) is 2. The number of hydrogen-bond acceptors (Lipinski definition) is 6. The van der Waals surface area contributed by atoms with E-state index in [0.717, 1.165) is 0 Å². The normalized spacial score (nSPS) is 20.6. The van der Waals surface area contributed by atoms with E-state index in [1.165, 1.54) is 0 Å². The quantitative estimate of drug-likeness (QED) is 0.740. The minimum absolute atomic E-state index is 0.0242. The maximum Gasteiger partial charge on any atom is 0.274 e. The van der Waals surface area contributed by atoms with Crippen molar-refractivity contribution in [2.24, 2.45) is 24.1 Å². The predicted octanol–water partition coefficient (Wildman–Crippen LogP) is 1.14. The number of carbonyl (C=O) groups is 3. The molecule has 10 heteroatoms. The second-order valence-electron chi connectivity index (χ2n) is 8.78. The average molecular weight is 425 g/mol. The number of rotatable bonds is 5. The zero-order valence-corrected chi connectivity index (χ0v) is 18.0. The van der Waals surface area contributed by atoms with Gasteiger partial charge in [-0.05, 0) is 31.0 Å². The van der Waals surface area contributed by atoms with Gasteiger partial charge in [0.1, 0.15) is 17.2 Å². The molecule has 0 saturated carbocycles. The number of amides is 3. The number of nitrogens with one attached hydrogen (secondary N) is 1. The molecular weight excluding hydrogens is 398 g/mol. The van der Waals surface area contributed by atoms with Gasteiger partial charge in [0.05, 0.1) is 6.20 Å². The van der Waals surface area contributed by atoms with Gasteiger partial charge in [-0.2, -0.15) is 5.10 Å². The van der Waals surface area contributed by atoms with Crippen molar-refractivity contribution < 1.29 is 14.4 Å². The van der Waals surface area contributed by atoms with Crippen molar-refractivity contribution in [1.82, 2.24) is 14.8 Å². The Morgan fingerprint density at radius 1 is 1.29 bits per heavy atom. The summed E-state index contributed by atoms with van der Waals surface area (Å²) >= 11 is 0. The summed E-state index contributed by atoms with van der Waals surface area (Å²) in [4.78, 5) is 45.5. The van der Waals surface area contributed by atoms with Crippen LogP contribution >= 0.6 is 0 Å². The van der Waals surface area contributed by atoms with Gasteiger partial charge in [0.2, 0.25) is 11.8 Å². The SMILES string of the molecule is Cn1cc(NC(=O)c2cccc(N3CC(CN)CC3=O)n2)c(N2CCC(C)(C)C2=O)n1. The van der Waals surface area contributed by atoms with Gasteiger partial charge < -0.3 is 11.1 Å². The Bertz CT molecular complexity index is 1050. The lowest BCUT2D eigenvalue weighted by atomic mass is 9.92. The first-order valence-corrected chi connectivity index (χ1v) is 10.3. The first kappa shape index (κ1) is 21.0. The van der Waals surface area contributed by atoms with E-state index < -0.39 is 11.3 Å². The van der Waals surface area contributed by atoms with Gasteiger partial charge >= 0.3 is 0 Å².